The third kappa shape index (κ3) is 3.37. The highest BCUT2D eigenvalue weighted by atomic mass is 16.5. The van der Waals surface area contributed by atoms with Crippen LogP contribution in [-0.2, 0) is 17.9 Å². The number of aromatic nitrogens is 3. The molecule has 1 fully saturated rings. The SMILES string of the molecule is O=C(C1CC(O)C1)N1Cc2ccnn2CCC1COc1cccnc1. The normalized spacial score (nSPS) is 25.6. The molecule has 3 heterocycles. The summed E-state index contributed by atoms with van der Waals surface area (Å²) < 4.78 is 7.83. The molecule has 132 valence electrons. The molecule has 7 heteroatoms. The van der Waals surface area contributed by atoms with Gasteiger partial charge in [0.2, 0.25) is 5.91 Å². The van der Waals surface area contributed by atoms with Gasteiger partial charge in [0.25, 0.3) is 0 Å². The number of ether oxygens (including phenoxy) is 1. The van der Waals surface area contributed by atoms with E-state index in [1.165, 1.54) is 0 Å². The zero-order valence-electron chi connectivity index (χ0n) is 14.0. The predicted octanol–water partition coefficient (Wildman–Crippen LogP) is 1.23. The second-order valence-electron chi connectivity index (χ2n) is 6.78. The van der Waals surface area contributed by atoms with E-state index in [9.17, 15) is 9.90 Å². The van der Waals surface area contributed by atoms with Gasteiger partial charge in [-0.05, 0) is 37.5 Å². The molecule has 2 aromatic heterocycles. The lowest BCUT2D eigenvalue weighted by Gasteiger charge is -2.37. The molecule has 1 amide bonds. The lowest BCUT2D eigenvalue weighted by molar-refractivity contribution is -0.146. The van der Waals surface area contributed by atoms with Crippen LogP contribution in [0.25, 0.3) is 0 Å². The third-order valence-corrected chi connectivity index (χ3v) is 5.07. The van der Waals surface area contributed by atoms with Crippen LogP contribution in [0.15, 0.2) is 36.8 Å². The molecule has 2 aromatic rings. The number of pyridine rings is 1. The molecule has 1 unspecified atom stereocenters. The van der Waals surface area contributed by atoms with E-state index in [0.29, 0.717) is 31.7 Å². The molecule has 0 spiro atoms. The first-order chi connectivity index (χ1) is 12.2. The summed E-state index contributed by atoms with van der Waals surface area (Å²) in [5.74, 6) is 0.737. The van der Waals surface area contributed by atoms with Gasteiger partial charge in [0.1, 0.15) is 12.4 Å². The van der Waals surface area contributed by atoms with Crippen LogP contribution in [0.2, 0.25) is 0 Å². The Kier molecular flexibility index (Phi) is 4.40. The largest absolute Gasteiger partial charge is 0.490 e. The summed E-state index contributed by atoms with van der Waals surface area (Å²) >= 11 is 0. The van der Waals surface area contributed by atoms with Crippen LogP contribution in [0.5, 0.6) is 5.75 Å². The van der Waals surface area contributed by atoms with Crippen LogP contribution in [0.1, 0.15) is 25.0 Å². The minimum absolute atomic E-state index is 0.0212. The zero-order chi connectivity index (χ0) is 17.2. The van der Waals surface area contributed by atoms with Gasteiger partial charge in [-0.1, -0.05) is 0 Å². The van der Waals surface area contributed by atoms with Crippen molar-refractivity contribution >= 4 is 5.91 Å². The van der Waals surface area contributed by atoms with E-state index in [1.54, 1.807) is 18.6 Å². The molecule has 0 bridgehead atoms. The number of aliphatic hydroxyl groups excluding tert-OH is 1. The van der Waals surface area contributed by atoms with Gasteiger partial charge in [0.15, 0.2) is 0 Å². The van der Waals surface area contributed by atoms with Crippen molar-refractivity contribution in [3.63, 3.8) is 0 Å². The van der Waals surface area contributed by atoms with Crippen molar-refractivity contribution in [1.29, 1.82) is 0 Å². The summed E-state index contributed by atoms with van der Waals surface area (Å²) in [5.41, 5.74) is 1.04. The van der Waals surface area contributed by atoms with E-state index < -0.39 is 0 Å². The summed E-state index contributed by atoms with van der Waals surface area (Å²) in [6, 6.07) is 5.63. The molecule has 25 heavy (non-hydrogen) atoms. The number of fused-ring (bicyclic) bond motifs is 1. The van der Waals surface area contributed by atoms with E-state index in [0.717, 1.165) is 18.7 Å². The van der Waals surface area contributed by atoms with Gasteiger partial charge in [-0.15, -0.1) is 0 Å². The summed E-state index contributed by atoms with van der Waals surface area (Å²) in [6.45, 7) is 1.73. The monoisotopic (exact) mass is 342 g/mol. The molecule has 0 aromatic carbocycles. The Bertz CT molecular complexity index is 727. The molecule has 1 aliphatic heterocycles. The maximum Gasteiger partial charge on any atom is 0.226 e. The molecule has 1 N–H and O–H groups in total. The Morgan fingerprint density at radius 3 is 2.96 bits per heavy atom. The summed E-state index contributed by atoms with van der Waals surface area (Å²) in [4.78, 5) is 18.9. The van der Waals surface area contributed by atoms with Gasteiger partial charge >= 0.3 is 0 Å². The second kappa shape index (κ2) is 6.84. The number of carbonyl (C=O) groups excluding carboxylic acids is 1. The van der Waals surface area contributed by atoms with E-state index in [2.05, 4.69) is 10.1 Å². The number of nitrogens with zero attached hydrogens (tertiary/aromatic N) is 4. The number of aliphatic hydroxyl groups is 1. The predicted molar refractivity (Wildman–Crippen MR) is 89.6 cm³/mol. The van der Waals surface area contributed by atoms with Crippen molar-refractivity contribution in [3.8, 4) is 5.75 Å². The quantitative estimate of drug-likeness (QED) is 0.904. The Labute approximate surface area is 146 Å². The highest BCUT2D eigenvalue weighted by molar-refractivity contribution is 5.80. The number of aryl methyl sites for hydroxylation is 1. The van der Waals surface area contributed by atoms with Crippen LogP contribution in [0.3, 0.4) is 0 Å². The van der Waals surface area contributed by atoms with E-state index in [1.807, 2.05) is 27.8 Å². The zero-order valence-corrected chi connectivity index (χ0v) is 14.0. The van der Waals surface area contributed by atoms with Crippen molar-refractivity contribution in [1.82, 2.24) is 19.7 Å². The molecular formula is C18H22N4O3. The fourth-order valence-electron chi connectivity index (χ4n) is 3.51. The molecular weight excluding hydrogens is 320 g/mol. The van der Waals surface area contributed by atoms with Crippen molar-refractivity contribution < 1.29 is 14.6 Å². The molecule has 7 nitrogen and oxygen atoms in total. The number of carbonyl (C=O) groups is 1. The Hall–Kier alpha value is -2.41. The number of hydrogen-bond acceptors (Lipinski definition) is 5. The van der Waals surface area contributed by atoms with Crippen molar-refractivity contribution in [2.75, 3.05) is 6.61 Å². The Morgan fingerprint density at radius 1 is 1.32 bits per heavy atom. The Morgan fingerprint density at radius 2 is 2.20 bits per heavy atom. The molecule has 4 rings (SSSR count). The van der Waals surface area contributed by atoms with Gasteiger partial charge in [0.05, 0.1) is 30.6 Å². The topological polar surface area (TPSA) is 80.5 Å². The van der Waals surface area contributed by atoms with Crippen LogP contribution in [0.4, 0.5) is 0 Å². The summed E-state index contributed by atoms with van der Waals surface area (Å²) in [6.07, 6.45) is 6.73. The summed E-state index contributed by atoms with van der Waals surface area (Å²) in [7, 11) is 0. The maximum absolute atomic E-state index is 12.9. The minimum atomic E-state index is -0.337. The highest BCUT2D eigenvalue weighted by Crippen LogP contribution is 2.31. The van der Waals surface area contributed by atoms with Crippen LogP contribution >= 0.6 is 0 Å². The first kappa shape index (κ1) is 16.1. The van der Waals surface area contributed by atoms with Crippen molar-refractivity contribution in [2.24, 2.45) is 5.92 Å². The van der Waals surface area contributed by atoms with E-state index in [4.69, 9.17) is 4.74 Å². The third-order valence-electron chi connectivity index (χ3n) is 5.07. The molecule has 1 aliphatic carbocycles. The second-order valence-corrected chi connectivity index (χ2v) is 6.78. The van der Waals surface area contributed by atoms with Crippen LogP contribution in [0, 0.1) is 5.92 Å². The van der Waals surface area contributed by atoms with Gasteiger partial charge in [-0.3, -0.25) is 14.5 Å². The van der Waals surface area contributed by atoms with Crippen LogP contribution < -0.4 is 4.74 Å². The van der Waals surface area contributed by atoms with E-state index in [-0.39, 0.29) is 24.0 Å². The van der Waals surface area contributed by atoms with E-state index >= 15 is 0 Å². The maximum atomic E-state index is 12.9. The lowest BCUT2D eigenvalue weighted by Crippen LogP contribution is -2.49. The van der Waals surface area contributed by atoms with Crippen LogP contribution in [-0.4, -0.2) is 49.4 Å². The summed E-state index contributed by atoms with van der Waals surface area (Å²) in [5, 5.41) is 13.9. The number of rotatable bonds is 4. The highest BCUT2D eigenvalue weighted by Gasteiger charge is 2.39. The van der Waals surface area contributed by atoms with Crippen molar-refractivity contribution in [2.45, 2.75) is 44.5 Å². The number of hydrogen-bond donors (Lipinski definition) is 1. The average Bonchev–Trinajstić information content (AvgIpc) is 2.98. The smallest absolute Gasteiger partial charge is 0.226 e. The average molecular weight is 342 g/mol. The molecule has 1 atom stereocenters. The standard InChI is InChI=1S/C18H22N4O3/c23-16-8-13(9-16)18(24)21-11-14-3-6-20-22(14)7-4-15(21)12-25-17-2-1-5-19-10-17/h1-3,5-6,10,13,15-16,23H,4,7-9,11-12H2. The van der Waals surface area contributed by atoms with Gasteiger partial charge in [0, 0.05) is 24.9 Å². The fraction of sp³-hybridized carbons (Fsp3) is 0.500. The lowest BCUT2D eigenvalue weighted by atomic mass is 9.81. The molecule has 0 radical (unpaired) electrons. The van der Waals surface area contributed by atoms with Gasteiger partial charge < -0.3 is 14.7 Å². The minimum Gasteiger partial charge on any atom is -0.490 e. The molecule has 0 saturated heterocycles. The van der Waals surface area contributed by atoms with Gasteiger partial charge in [-0.2, -0.15) is 5.10 Å². The van der Waals surface area contributed by atoms with Gasteiger partial charge in [-0.25, -0.2) is 0 Å². The fourth-order valence-corrected chi connectivity index (χ4v) is 3.51. The molecule has 1 saturated carbocycles. The Balaban J connectivity index is 1.50. The molecule has 2 aliphatic rings. The first-order valence-electron chi connectivity index (χ1n) is 8.73. The first-order valence-corrected chi connectivity index (χ1v) is 8.73. The number of amides is 1. The van der Waals surface area contributed by atoms with Crippen molar-refractivity contribution in [3.05, 3.63) is 42.5 Å².